The molecule has 3 N–H and O–H groups in total. The fourth-order valence-corrected chi connectivity index (χ4v) is 1.19. The standard InChI is InChI=1S/C6H13NO.ClH/c7-3-5-1-2-6(5)4-8;/h5-6,8H,1-4,7H2;1H/t5-,6-;/m0./s1. The third-order valence-electron chi connectivity index (χ3n) is 2.11. The van der Waals surface area contributed by atoms with Crippen LogP contribution in [-0.4, -0.2) is 18.3 Å². The minimum Gasteiger partial charge on any atom is -0.396 e. The highest BCUT2D eigenvalue weighted by atomic mass is 35.5. The van der Waals surface area contributed by atoms with E-state index in [1.165, 1.54) is 12.8 Å². The first kappa shape index (κ1) is 9.21. The van der Waals surface area contributed by atoms with E-state index < -0.39 is 0 Å². The first-order valence-electron chi connectivity index (χ1n) is 3.19. The molecule has 2 nitrogen and oxygen atoms in total. The molecule has 1 rings (SSSR count). The van der Waals surface area contributed by atoms with Gasteiger partial charge in [-0.15, -0.1) is 12.4 Å². The lowest BCUT2D eigenvalue weighted by atomic mass is 9.74. The van der Waals surface area contributed by atoms with Crippen molar-refractivity contribution in [1.29, 1.82) is 0 Å². The Balaban J connectivity index is 0.000000640. The van der Waals surface area contributed by atoms with Gasteiger partial charge in [-0.2, -0.15) is 0 Å². The van der Waals surface area contributed by atoms with Crippen LogP contribution in [0.15, 0.2) is 0 Å². The van der Waals surface area contributed by atoms with Crippen LogP contribution in [0.4, 0.5) is 0 Å². The van der Waals surface area contributed by atoms with Crippen molar-refractivity contribution in [3.8, 4) is 0 Å². The molecule has 0 aromatic carbocycles. The molecule has 0 saturated heterocycles. The van der Waals surface area contributed by atoms with Gasteiger partial charge in [-0.25, -0.2) is 0 Å². The van der Waals surface area contributed by atoms with Gasteiger partial charge in [-0.3, -0.25) is 0 Å². The smallest absolute Gasteiger partial charge is 0.0462 e. The van der Waals surface area contributed by atoms with Gasteiger partial charge >= 0.3 is 0 Å². The Morgan fingerprint density at radius 2 is 1.89 bits per heavy atom. The van der Waals surface area contributed by atoms with E-state index in [2.05, 4.69) is 0 Å². The molecule has 0 radical (unpaired) electrons. The van der Waals surface area contributed by atoms with E-state index in [0.29, 0.717) is 18.4 Å². The predicted molar refractivity (Wildman–Crippen MR) is 39.6 cm³/mol. The fraction of sp³-hybridized carbons (Fsp3) is 1.00. The van der Waals surface area contributed by atoms with Crippen LogP contribution >= 0.6 is 12.4 Å². The lowest BCUT2D eigenvalue weighted by Crippen LogP contribution is -2.34. The molecule has 0 aromatic rings. The summed E-state index contributed by atoms with van der Waals surface area (Å²) in [6.45, 7) is 1.09. The van der Waals surface area contributed by atoms with Gasteiger partial charge in [0.15, 0.2) is 0 Å². The van der Waals surface area contributed by atoms with E-state index in [4.69, 9.17) is 10.8 Å². The SMILES string of the molecule is Cl.NC[C@@H]1CC[C@H]1CO. The number of aliphatic hydroxyl groups excluding tert-OH is 1. The van der Waals surface area contributed by atoms with Gasteiger partial charge in [0.2, 0.25) is 0 Å². The van der Waals surface area contributed by atoms with Gasteiger partial charge in [0.25, 0.3) is 0 Å². The normalized spacial score (nSPS) is 32.7. The van der Waals surface area contributed by atoms with Crippen molar-refractivity contribution in [3.63, 3.8) is 0 Å². The zero-order valence-electron chi connectivity index (χ0n) is 5.42. The van der Waals surface area contributed by atoms with Gasteiger partial charge in [-0.05, 0) is 31.2 Å². The molecule has 1 aliphatic carbocycles. The predicted octanol–water partition coefficient (Wildman–Crippen LogP) is 0.385. The van der Waals surface area contributed by atoms with E-state index in [1.807, 2.05) is 0 Å². The molecule has 2 atom stereocenters. The third-order valence-corrected chi connectivity index (χ3v) is 2.11. The van der Waals surface area contributed by atoms with Gasteiger partial charge in [0.1, 0.15) is 0 Å². The number of hydrogen-bond acceptors (Lipinski definition) is 2. The minimum absolute atomic E-state index is 0. The Morgan fingerprint density at radius 1 is 1.33 bits per heavy atom. The minimum atomic E-state index is 0. The zero-order valence-corrected chi connectivity index (χ0v) is 6.23. The molecular formula is C6H14ClNO. The van der Waals surface area contributed by atoms with Crippen molar-refractivity contribution >= 4 is 12.4 Å². The van der Waals surface area contributed by atoms with E-state index >= 15 is 0 Å². The molecule has 0 heterocycles. The van der Waals surface area contributed by atoms with Crippen molar-refractivity contribution in [2.75, 3.05) is 13.2 Å². The molecule has 1 fully saturated rings. The summed E-state index contributed by atoms with van der Waals surface area (Å²) in [5.41, 5.74) is 5.39. The number of rotatable bonds is 2. The summed E-state index contributed by atoms with van der Waals surface area (Å²) in [6, 6.07) is 0. The molecule has 1 aliphatic rings. The lowest BCUT2D eigenvalue weighted by Gasteiger charge is -2.33. The summed E-state index contributed by atoms with van der Waals surface area (Å²) in [5.74, 6) is 1.15. The summed E-state index contributed by atoms with van der Waals surface area (Å²) in [6.07, 6.45) is 2.40. The average molecular weight is 152 g/mol. The molecule has 0 aromatic heterocycles. The lowest BCUT2D eigenvalue weighted by molar-refractivity contribution is 0.0963. The quantitative estimate of drug-likeness (QED) is 0.600. The third kappa shape index (κ3) is 1.81. The van der Waals surface area contributed by atoms with Crippen LogP contribution in [0.2, 0.25) is 0 Å². The summed E-state index contributed by atoms with van der Waals surface area (Å²) >= 11 is 0. The Hall–Kier alpha value is 0.210. The first-order chi connectivity index (χ1) is 3.88. The van der Waals surface area contributed by atoms with E-state index in [1.54, 1.807) is 0 Å². The monoisotopic (exact) mass is 151 g/mol. The first-order valence-corrected chi connectivity index (χ1v) is 3.19. The largest absolute Gasteiger partial charge is 0.396 e. The molecule has 56 valence electrons. The summed E-state index contributed by atoms with van der Waals surface area (Å²) in [7, 11) is 0. The number of nitrogens with two attached hydrogens (primary N) is 1. The van der Waals surface area contributed by atoms with Crippen molar-refractivity contribution in [1.82, 2.24) is 0 Å². The molecule has 0 unspecified atom stereocenters. The summed E-state index contributed by atoms with van der Waals surface area (Å²) < 4.78 is 0. The maximum atomic E-state index is 8.63. The van der Waals surface area contributed by atoms with Crippen LogP contribution in [0, 0.1) is 11.8 Å². The van der Waals surface area contributed by atoms with Crippen LogP contribution in [0.1, 0.15) is 12.8 Å². The molecule has 1 saturated carbocycles. The van der Waals surface area contributed by atoms with Crippen LogP contribution in [0.25, 0.3) is 0 Å². The summed E-state index contributed by atoms with van der Waals surface area (Å²) in [5, 5.41) is 8.63. The van der Waals surface area contributed by atoms with Crippen LogP contribution < -0.4 is 5.73 Å². The Morgan fingerprint density at radius 3 is 2.00 bits per heavy atom. The maximum Gasteiger partial charge on any atom is 0.0462 e. The highest BCUT2D eigenvalue weighted by molar-refractivity contribution is 5.85. The van der Waals surface area contributed by atoms with E-state index in [-0.39, 0.29) is 12.4 Å². The average Bonchev–Trinajstić information content (AvgIpc) is 1.66. The molecular weight excluding hydrogens is 138 g/mol. The van der Waals surface area contributed by atoms with Crippen LogP contribution in [0.3, 0.4) is 0 Å². The molecule has 0 aliphatic heterocycles. The second-order valence-electron chi connectivity index (χ2n) is 2.52. The number of halogens is 1. The van der Waals surface area contributed by atoms with Gasteiger partial charge in [0, 0.05) is 6.61 Å². The van der Waals surface area contributed by atoms with E-state index in [0.717, 1.165) is 6.54 Å². The Bertz CT molecular complexity index is 65.5. The van der Waals surface area contributed by atoms with Gasteiger partial charge < -0.3 is 10.8 Å². The fourth-order valence-electron chi connectivity index (χ4n) is 1.19. The molecule has 3 heteroatoms. The maximum absolute atomic E-state index is 8.63. The van der Waals surface area contributed by atoms with Gasteiger partial charge in [0.05, 0.1) is 0 Å². The molecule has 9 heavy (non-hydrogen) atoms. The van der Waals surface area contributed by atoms with Crippen molar-refractivity contribution < 1.29 is 5.11 Å². The van der Waals surface area contributed by atoms with Crippen molar-refractivity contribution in [2.24, 2.45) is 17.6 Å². The topological polar surface area (TPSA) is 46.2 Å². The van der Waals surface area contributed by atoms with Crippen LogP contribution in [-0.2, 0) is 0 Å². The highest BCUT2D eigenvalue weighted by Crippen LogP contribution is 2.32. The second-order valence-corrected chi connectivity index (χ2v) is 2.52. The van der Waals surface area contributed by atoms with Crippen molar-refractivity contribution in [2.45, 2.75) is 12.8 Å². The van der Waals surface area contributed by atoms with E-state index in [9.17, 15) is 0 Å². The molecule has 0 bridgehead atoms. The number of hydrogen-bond donors (Lipinski definition) is 2. The molecule has 0 spiro atoms. The zero-order chi connectivity index (χ0) is 5.98. The Kier molecular flexibility index (Phi) is 4.19. The Labute approximate surface area is 61.8 Å². The van der Waals surface area contributed by atoms with Crippen LogP contribution in [0.5, 0.6) is 0 Å². The summed E-state index contributed by atoms with van der Waals surface area (Å²) in [4.78, 5) is 0. The number of aliphatic hydroxyl groups is 1. The molecule has 0 amide bonds. The second kappa shape index (κ2) is 4.09. The van der Waals surface area contributed by atoms with Gasteiger partial charge in [-0.1, -0.05) is 0 Å². The highest BCUT2D eigenvalue weighted by Gasteiger charge is 2.28. The van der Waals surface area contributed by atoms with Crippen molar-refractivity contribution in [3.05, 3.63) is 0 Å².